The van der Waals surface area contributed by atoms with Crippen LogP contribution in [0.15, 0.2) is 29.4 Å². The van der Waals surface area contributed by atoms with Gasteiger partial charge in [0.25, 0.3) is 0 Å². The quantitative estimate of drug-likeness (QED) is 0.246. The van der Waals surface area contributed by atoms with E-state index in [1.165, 1.54) is 12.1 Å². The van der Waals surface area contributed by atoms with Crippen molar-refractivity contribution in [3.8, 4) is 0 Å². The van der Waals surface area contributed by atoms with Crippen molar-refractivity contribution in [2.75, 3.05) is 5.32 Å². The Bertz CT molecular complexity index is 991. The number of benzene rings is 2. The molecule has 0 saturated heterocycles. The number of nitrogens with one attached hydrogen (secondary N) is 2. The van der Waals surface area contributed by atoms with E-state index < -0.39 is 24.1 Å². The number of aliphatic hydroxyl groups is 1. The van der Waals surface area contributed by atoms with Gasteiger partial charge >= 0.3 is 0 Å². The molecule has 0 aliphatic rings. The van der Waals surface area contributed by atoms with Crippen LogP contribution >= 0.6 is 11.6 Å². The van der Waals surface area contributed by atoms with E-state index in [2.05, 4.69) is 20.4 Å². The molecular weight excluding hydrogens is 361 g/mol. The number of aromatic nitrogens is 2. The Morgan fingerprint density at radius 2 is 2.00 bits per heavy atom. The molecule has 0 fully saturated rings. The number of imidazole rings is 1. The monoisotopic (exact) mass is 370 g/mol. The summed E-state index contributed by atoms with van der Waals surface area (Å²) in [5.41, 5.74) is -0.182. The van der Waals surface area contributed by atoms with E-state index in [9.17, 15) is 18.4 Å². The number of anilines is 1. The zero-order chi connectivity index (χ0) is 18.1. The fourth-order valence-corrected chi connectivity index (χ4v) is 2.45. The number of aliphatic hydroxyl groups excluding tert-OH is 1. The number of fused-ring (bicyclic) bond motifs is 1. The molecule has 0 unspecified atom stereocenters. The first-order valence-electron chi connectivity index (χ1n) is 6.86. The van der Waals surface area contributed by atoms with Crippen LogP contribution in [0.1, 0.15) is 11.4 Å². The normalized spacial score (nSPS) is 12.0. The Hall–Kier alpha value is -2.78. The summed E-state index contributed by atoms with van der Waals surface area (Å²) in [5.74, 6) is -3.32. The van der Waals surface area contributed by atoms with Crippen molar-refractivity contribution >= 4 is 34.2 Å². The third kappa shape index (κ3) is 3.11. The molecule has 3 aromatic rings. The molecule has 0 bridgehead atoms. The lowest BCUT2D eigenvalue weighted by Gasteiger charge is -2.10. The Balaban J connectivity index is 2.10. The van der Waals surface area contributed by atoms with Gasteiger partial charge in [-0.1, -0.05) is 16.8 Å². The number of hydrogen-bond acceptors (Lipinski definition) is 4. The van der Waals surface area contributed by atoms with Crippen LogP contribution < -0.4 is 5.32 Å². The molecule has 3 rings (SSSR count). The molecule has 25 heavy (non-hydrogen) atoms. The summed E-state index contributed by atoms with van der Waals surface area (Å²) in [6.45, 7) is -0.526. The first-order valence-corrected chi connectivity index (χ1v) is 7.24. The van der Waals surface area contributed by atoms with Crippen molar-refractivity contribution in [1.82, 2.24) is 9.97 Å². The Morgan fingerprint density at radius 1 is 1.24 bits per heavy atom. The van der Waals surface area contributed by atoms with Crippen LogP contribution in [-0.4, -0.2) is 26.1 Å². The van der Waals surface area contributed by atoms with Crippen LogP contribution in [0.2, 0.25) is 5.02 Å². The van der Waals surface area contributed by atoms with Crippen molar-refractivity contribution in [3.05, 3.63) is 58.1 Å². The van der Waals surface area contributed by atoms with Crippen molar-refractivity contribution in [1.29, 1.82) is 0 Å². The highest BCUT2D eigenvalue weighted by atomic mass is 35.5. The number of aromatic amines is 1. The molecule has 1 aromatic heterocycles. The number of halogens is 4. The topological polar surface area (TPSA) is 93.5 Å². The summed E-state index contributed by atoms with van der Waals surface area (Å²) in [6, 6.07) is 4.40. The minimum atomic E-state index is -1.21. The van der Waals surface area contributed by atoms with Crippen LogP contribution in [0.4, 0.5) is 18.9 Å². The predicted octanol–water partition coefficient (Wildman–Crippen LogP) is 3.37. The SMILES string of the molecule is OCc1nc2c(/C(=N/O)Nc3ccc(F)c(Cl)c3)cc(F)c(F)c2[nH]1. The molecule has 0 saturated carbocycles. The summed E-state index contributed by atoms with van der Waals surface area (Å²) in [5, 5.41) is 23.9. The van der Waals surface area contributed by atoms with Gasteiger partial charge in [-0.2, -0.15) is 0 Å². The van der Waals surface area contributed by atoms with E-state index in [0.717, 1.165) is 12.1 Å². The second kappa shape index (κ2) is 6.61. The molecule has 0 atom stereocenters. The first-order chi connectivity index (χ1) is 11.9. The van der Waals surface area contributed by atoms with Gasteiger partial charge in [-0.05, 0) is 24.3 Å². The van der Waals surface area contributed by atoms with Gasteiger partial charge in [0, 0.05) is 5.69 Å². The van der Waals surface area contributed by atoms with E-state index >= 15 is 0 Å². The molecule has 2 aromatic carbocycles. The van der Waals surface area contributed by atoms with Crippen molar-refractivity contribution in [2.45, 2.75) is 6.61 Å². The summed E-state index contributed by atoms with van der Waals surface area (Å²) in [7, 11) is 0. The van der Waals surface area contributed by atoms with Crippen molar-refractivity contribution in [3.63, 3.8) is 0 Å². The highest BCUT2D eigenvalue weighted by Crippen LogP contribution is 2.25. The molecule has 130 valence electrons. The van der Waals surface area contributed by atoms with Gasteiger partial charge in [0.1, 0.15) is 29.3 Å². The minimum absolute atomic E-state index is 0.00265. The molecule has 1 heterocycles. The maximum atomic E-state index is 13.9. The van der Waals surface area contributed by atoms with Crippen LogP contribution in [0.25, 0.3) is 11.0 Å². The Labute approximate surface area is 143 Å². The number of hydrogen-bond donors (Lipinski definition) is 4. The molecule has 0 amide bonds. The van der Waals surface area contributed by atoms with Gasteiger partial charge in [-0.3, -0.25) is 0 Å². The van der Waals surface area contributed by atoms with Gasteiger partial charge in [0.15, 0.2) is 17.5 Å². The molecular formula is C15H10ClF3N4O2. The largest absolute Gasteiger partial charge is 0.409 e. The smallest absolute Gasteiger partial charge is 0.184 e. The lowest BCUT2D eigenvalue weighted by molar-refractivity contribution is 0.273. The summed E-state index contributed by atoms with van der Waals surface area (Å²) in [4.78, 5) is 6.39. The standard InChI is InChI=1S/C15H10ClF3N4O2/c16-8-3-6(1-2-9(8)17)20-15(23-25)7-4-10(18)12(19)14-13(7)21-11(5-24)22-14/h1-4,24-25H,5H2,(H,20,23)(H,21,22). The van der Waals surface area contributed by atoms with E-state index in [0.29, 0.717) is 0 Å². The molecule has 10 heteroatoms. The fourth-order valence-electron chi connectivity index (χ4n) is 2.27. The van der Waals surface area contributed by atoms with Crippen LogP contribution in [0, 0.1) is 17.5 Å². The third-order valence-corrected chi connectivity index (χ3v) is 3.69. The van der Waals surface area contributed by atoms with Crippen LogP contribution in [-0.2, 0) is 6.61 Å². The van der Waals surface area contributed by atoms with Crippen molar-refractivity contribution in [2.24, 2.45) is 5.16 Å². The number of nitrogens with zero attached hydrogens (tertiary/aromatic N) is 2. The maximum Gasteiger partial charge on any atom is 0.184 e. The van der Waals surface area contributed by atoms with Gasteiger partial charge < -0.3 is 20.6 Å². The highest BCUT2D eigenvalue weighted by Gasteiger charge is 2.20. The fraction of sp³-hybridized carbons (Fsp3) is 0.0667. The highest BCUT2D eigenvalue weighted by molar-refractivity contribution is 6.31. The zero-order valence-corrected chi connectivity index (χ0v) is 13.1. The Kier molecular flexibility index (Phi) is 4.51. The molecule has 4 N–H and O–H groups in total. The summed E-state index contributed by atoms with van der Waals surface area (Å²) >= 11 is 5.68. The molecule has 0 aliphatic heterocycles. The lowest BCUT2D eigenvalue weighted by Crippen LogP contribution is -2.15. The lowest BCUT2D eigenvalue weighted by atomic mass is 10.1. The minimum Gasteiger partial charge on any atom is -0.409 e. The number of rotatable bonds is 3. The van der Waals surface area contributed by atoms with E-state index in [1.54, 1.807) is 0 Å². The van der Waals surface area contributed by atoms with Crippen LogP contribution in [0.3, 0.4) is 0 Å². The average Bonchev–Trinajstić information content (AvgIpc) is 3.04. The second-order valence-electron chi connectivity index (χ2n) is 4.99. The second-order valence-corrected chi connectivity index (χ2v) is 5.39. The van der Waals surface area contributed by atoms with Gasteiger partial charge in [0.05, 0.1) is 10.6 Å². The maximum absolute atomic E-state index is 13.9. The zero-order valence-electron chi connectivity index (χ0n) is 12.3. The number of amidine groups is 1. The van der Waals surface area contributed by atoms with E-state index in [4.69, 9.17) is 16.7 Å². The molecule has 6 nitrogen and oxygen atoms in total. The number of oxime groups is 1. The van der Waals surface area contributed by atoms with Gasteiger partial charge in [-0.25, -0.2) is 18.2 Å². The van der Waals surface area contributed by atoms with Crippen molar-refractivity contribution < 1.29 is 23.5 Å². The average molecular weight is 371 g/mol. The third-order valence-electron chi connectivity index (χ3n) is 3.40. The van der Waals surface area contributed by atoms with Gasteiger partial charge in [-0.15, -0.1) is 0 Å². The Morgan fingerprint density at radius 3 is 2.64 bits per heavy atom. The molecule has 0 spiro atoms. The summed E-state index contributed by atoms with van der Waals surface area (Å²) in [6.07, 6.45) is 0. The van der Waals surface area contributed by atoms with Crippen LogP contribution in [0.5, 0.6) is 0 Å². The molecule has 0 aliphatic carbocycles. The number of H-pyrrole nitrogens is 1. The summed E-state index contributed by atoms with van der Waals surface area (Å²) < 4.78 is 41.0. The van der Waals surface area contributed by atoms with Gasteiger partial charge in [0.2, 0.25) is 0 Å². The first kappa shape index (κ1) is 17.1. The van der Waals surface area contributed by atoms with E-state index in [-0.39, 0.29) is 39.0 Å². The van der Waals surface area contributed by atoms with E-state index in [1.807, 2.05) is 0 Å². The predicted molar refractivity (Wildman–Crippen MR) is 85.3 cm³/mol. The molecule has 0 radical (unpaired) electrons.